The fraction of sp³-hybridized carbons (Fsp3) is 0.643. The molecule has 0 spiro atoms. The van der Waals surface area contributed by atoms with E-state index in [-0.39, 0.29) is 5.91 Å². The predicted octanol–water partition coefficient (Wildman–Crippen LogP) is 2.28. The SMILES string of the molecule is CCCN(C(=O)Cc1ccsc1)C1CCCNC1. The summed E-state index contributed by atoms with van der Waals surface area (Å²) >= 11 is 1.66. The van der Waals surface area contributed by atoms with Crippen molar-refractivity contribution in [3.05, 3.63) is 22.4 Å². The van der Waals surface area contributed by atoms with Crippen LogP contribution >= 0.6 is 11.3 Å². The lowest BCUT2D eigenvalue weighted by atomic mass is 10.0. The largest absolute Gasteiger partial charge is 0.338 e. The van der Waals surface area contributed by atoms with Crippen LogP contribution in [-0.2, 0) is 11.2 Å². The molecule has 1 N–H and O–H groups in total. The van der Waals surface area contributed by atoms with Crippen LogP contribution in [0, 0.1) is 0 Å². The molecule has 1 amide bonds. The summed E-state index contributed by atoms with van der Waals surface area (Å²) in [5, 5.41) is 7.50. The van der Waals surface area contributed by atoms with Gasteiger partial charge in [-0.25, -0.2) is 0 Å². The van der Waals surface area contributed by atoms with E-state index >= 15 is 0 Å². The Labute approximate surface area is 113 Å². The van der Waals surface area contributed by atoms with E-state index in [1.54, 1.807) is 11.3 Å². The van der Waals surface area contributed by atoms with Gasteiger partial charge in [0.05, 0.1) is 6.42 Å². The molecule has 0 aromatic carbocycles. The van der Waals surface area contributed by atoms with Crippen molar-refractivity contribution in [3.63, 3.8) is 0 Å². The lowest BCUT2D eigenvalue weighted by Crippen LogP contribution is -2.49. The van der Waals surface area contributed by atoms with Gasteiger partial charge >= 0.3 is 0 Å². The number of nitrogens with one attached hydrogen (secondary N) is 1. The highest BCUT2D eigenvalue weighted by molar-refractivity contribution is 7.07. The molecule has 0 radical (unpaired) electrons. The molecule has 2 rings (SSSR count). The zero-order valence-corrected chi connectivity index (χ0v) is 11.8. The molecule has 1 unspecified atom stereocenters. The number of rotatable bonds is 5. The first kappa shape index (κ1) is 13.6. The summed E-state index contributed by atoms with van der Waals surface area (Å²) in [7, 11) is 0. The van der Waals surface area contributed by atoms with Crippen molar-refractivity contribution in [1.82, 2.24) is 10.2 Å². The summed E-state index contributed by atoms with van der Waals surface area (Å²) in [5.74, 6) is 0.281. The Balaban J connectivity index is 1.97. The average molecular weight is 266 g/mol. The molecule has 1 atom stereocenters. The second-order valence-electron chi connectivity index (χ2n) is 4.90. The Hall–Kier alpha value is -0.870. The second-order valence-corrected chi connectivity index (χ2v) is 5.68. The Morgan fingerprint density at radius 3 is 3.11 bits per heavy atom. The van der Waals surface area contributed by atoms with E-state index in [1.165, 1.54) is 6.42 Å². The lowest BCUT2D eigenvalue weighted by molar-refractivity contribution is -0.133. The summed E-state index contributed by atoms with van der Waals surface area (Å²) in [6.45, 7) is 5.07. The molecular weight excluding hydrogens is 244 g/mol. The first-order valence-electron chi connectivity index (χ1n) is 6.82. The van der Waals surface area contributed by atoms with Crippen molar-refractivity contribution >= 4 is 17.2 Å². The summed E-state index contributed by atoms with van der Waals surface area (Å²) in [4.78, 5) is 14.5. The molecule has 18 heavy (non-hydrogen) atoms. The Kier molecular flexibility index (Phi) is 5.20. The van der Waals surface area contributed by atoms with E-state index in [9.17, 15) is 4.79 Å². The minimum absolute atomic E-state index is 0.281. The van der Waals surface area contributed by atoms with Crippen LogP contribution < -0.4 is 5.32 Å². The van der Waals surface area contributed by atoms with Crippen molar-refractivity contribution in [2.24, 2.45) is 0 Å². The average Bonchev–Trinajstić information content (AvgIpc) is 2.89. The molecule has 3 nitrogen and oxygen atoms in total. The normalized spacial score (nSPS) is 19.7. The zero-order valence-electron chi connectivity index (χ0n) is 11.0. The fourth-order valence-corrected chi connectivity index (χ4v) is 3.19. The second kappa shape index (κ2) is 6.90. The van der Waals surface area contributed by atoms with Crippen LogP contribution in [0.4, 0.5) is 0 Å². The van der Waals surface area contributed by atoms with Gasteiger partial charge in [0.2, 0.25) is 5.91 Å². The van der Waals surface area contributed by atoms with Gasteiger partial charge in [0.15, 0.2) is 0 Å². The third kappa shape index (κ3) is 3.56. The third-order valence-electron chi connectivity index (χ3n) is 3.43. The van der Waals surface area contributed by atoms with Crippen LogP contribution in [0.25, 0.3) is 0 Å². The molecule has 4 heteroatoms. The number of hydrogen-bond acceptors (Lipinski definition) is 3. The Morgan fingerprint density at radius 2 is 2.50 bits per heavy atom. The molecule has 1 fully saturated rings. The first-order chi connectivity index (χ1) is 8.81. The number of nitrogens with zero attached hydrogens (tertiary/aromatic N) is 1. The van der Waals surface area contributed by atoms with Crippen molar-refractivity contribution in [2.45, 2.75) is 38.6 Å². The van der Waals surface area contributed by atoms with Gasteiger partial charge in [-0.15, -0.1) is 0 Å². The van der Waals surface area contributed by atoms with Gasteiger partial charge in [-0.2, -0.15) is 11.3 Å². The maximum absolute atomic E-state index is 12.4. The maximum Gasteiger partial charge on any atom is 0.227 e. The van der Waals surface area contributed by atoms with Crippen LogP contribution in [-0.4, -0.2) is 36.5 Å². The van der Waals surface area contributed by atoms with Crippen LogP contribution in [0.3, 0.4) is 0 Å². The monoisotopic (exact) mass is 266 g/mol. The zero-order chi connectivity index (χ0) is 12.8. The summed E-state index contributed by atoms with van der Waals surface area (Å²) in [5.41, 5.74) is 1.15. The van der Waals surface area contributed by atoms with E-state index in [0.29, 0.717) is 12.5 Å². The highest BCUT2D eigenvalue weighted by atomic mass is 32.1. The van der Waals surface area contributed by atoms with Crippen molar-refractivity contribution in [3.8, 4) is 0 Å². The van der Waals surface area contributed by atoms with Crippen molar-refractivity contribution < 1.29 is 4.79 Å². The van der Waals surface area contributed by atoms with Gasteiger partial charge in [0, 0.05) is 19.1 Å². The van der Waals surface area contributed by atoms with Crippen molar-refractivity contribution in [1.29, 1.82) is 0 Å². The number of hydrogen-bond donors (Lipinski definition) is 1. The fourth-order valence-electron chi connectivity index (χ4n) is 2.52. The predicted molar refractivity (Wildman–Crippen MR) is 75.9 cm³/mol. The summed E-state index contributed by atoms with van der Waals surface area (Å²) in [6.07, 6.45) is 3.91. The molecule has 1 saturated heterocycles. The minimum atomic E-state index is 0.281. The van der Waals surface area contributed by atoms with Gasteiger partial charge in [-0.05, 0) is 48.2 Å². The van der Waals surface area contributed by atoms with Gasteiger partial charge < -0.3 is 10.2 Å². The quantitative estimate of drug-likeness (QED) is 0.887. The molecule has 0 bridgehead atoms. The molecule has 2 heterocycles. The Bertz CT molecular complexity index is 358. The molecule has 0 saturated carbocycles. The molecule has 1 aliphatic rings. The smallest absolute Gasteiger partial charge is 0.227 e. The van der Waals surface area contributed by atoms with Crippen molar-refractivity contribution in [2.75, 3.05) is 19.6 Å². The third-order valence-corrected chi connectivity index (χ3v) is 4.16. The van der Waals surface area contributed by atoms with Crippen LogP contribution in [0.15, 0.2) is 16.8 Å². The van der Waals surface area contributed by atoms with E-state index in [2.05, 4.69) is 22.5 Å². The highest BCUT2D eigenvalue weighted by Crippen LogP contribution is 2.14. The first-order valence-corrected chi connectivity index (χ1v) is 7.76. The van der Waals surface area contributed by atoms with E-state index in [1.807, 2.05) is 11.4 Å². The van der Waals surface area contributed by atoms with E-state index < -0.39 is 0 Å². The summed E-state index contributed by atoms with van der Waals surface area (Å²) < 4.78 is 0. The Morgan fingerprint density at radius 1 is 1.61 bits per heavy atom. The molecule has 1 aliphatic heterocycles. The number of piperidine rings is 1. The molecule has 100 valence electrons. The van der Waals surface area contributed by atoms with Crippen LogP contribution in [0.1, 0.15) is 31.7 Å². The molecule has 1 aromatic heterocycles. The molecule has 1 aromatic rings. The van der Waals surface area contributed by atoms with Gasteiger partial charge in [0.25, 0.3) is 0 Å². The maximum atomic E-state index is 12.4. The topological polar surface area (TPSA) is 32.3 Å². The lowest BCUT2D eigenvalue weighted by Gasteiger charge is -2.34. The number of carbonyl (C=O) groups is 1. The number of carbonyl (C=O) groups excluding carboxylic acids is 1. The van der Waals surface area contributed by atoms with Gasteiger partial charge in [-0.3, -0.25) is 4.79 Å². The minimum Gasteiger partial charge on any atom is -0.338 e. The van der Waals surface area contributed by atoms with Gasteiger partial charge in [-0.1, -0.05) is 6.92 Å². The highest BCUT2D eigenvalue weighted by Gasteiger charge is 2.24. The standard InChI is InChI=1S/C14H22N2OS/c1-2-7-16(13-4-3-6-15-10-13)14(17)9-12-5-8-18-11-12/h5,8,11,13,15H,2-4,6-7,9-10H2,1H3. The molecule has 0 aliphatic carbocycles. The number of amides is 1. The number of thiophene rings is 1. The summed E-state index contributed by atoms with van der Waals surface area (Å²) in [6, 6.07) is 2.44. The van der Waals surface area contributed by atoms with Crippen LogP contribution in [0.2, 0.25) is 0 Å². The van der Waals surface area contributed by atoms with Crippen LogP contribution in [0.5, 0.6) is 0 Å². The molecular formula is C14H22N2OS. The van der Waals surface area contributed by atoms with E-state index in [0.717, 1.165) is 38.0 Å². The van der Waals surface area contributed by atoms with E-state index in [4.69, 9.17) is 0 Å². The van der Waals surface area contributed by atoms with Gasteiger partial charge in [0.1, 0.15) is 0 Å².